The Bertz CT molecular complexity index is 1020. The van der Waals surface area contributed by atoms with Crippen molar-refractivity contribution >= 4 is 22.5 Å². The number of ether oxygens (including phenoxy) is 1. The van der Waals surface area contributed by atoms with Gasteiger partial charge in [-0.05, 0) is 17.7 Å². The van der Waals surface area contributed by atoms with Gasteiger partial charge < -0.3 is 19.9 Å². The van der Waals surface area contributed by atoms with Crippen molar-refractivity contribution in [3.05, 3.63) is 53.3 Å². The van der Waals surface area contributed by atoms with Gasteiger partial charge in [0.1, 0.15) is 5.69 Å². The lowest BCUT2D eigenvalue weighted by atomic mass is 10.1. The number of benzene rings is 1. The number of fused-ring (bicyclic) bond motifs is 2. The lowest BCUT2D eigenvalue weighted by Gasteiger charge is -2.09. The van der Waals surface area contributed by atoms with Crippen LogP contribution in [0.3, 0.4) is 0 Å². The van der Waals surface area contributed by atoms with Gasteiger partial charge in [-0.25, -0.2) is 4.98 Å². The van der Waals surface area contributed by atoms with Crippen molar-refractivity contribution in [1.82, 2.24) is 14.9 Å². The van der Waals surface area contributed by atoms with Gasteiger partial charge in [0.05, 0.1) is 31.9 Å². The number of aromatic nitrogens is 2. The molecule has 7 nitrogen and oxygen atoms in total. The molecular weight excluding hydrogens is 318 g/mol. The van der Waals surface area contributed by atoms with Crippen molar-refractivity contribution in [2.45, 2.75) is 13.1 Å². The Morgan fingerprint density at radius 2 is 2.28 bits per heavy atom. The number of H-pyrrole nitrogens is 1. The Morgan fingerprint density at radius 1 is 1.40 bits per heavy atom. The Labute approximate surface area is 143 Å². The number of rotatable bonds is 3. The number of anilines is 1. The monoisotopic (exact) mass is 333 g/mol. The molecule has 0 fully saturated rings. The summed E-state index contributed by atoms with van der Waals surface area (Å²) in [5.74, 6) is 0.259. The number of hydrogen-bond donors (Lipinski definition) is 2. The maximum absolute atomic E-state index is 12.6. The van der Waals surface area contributed by atoms with Crippen LogP contribution in [0.5, 0.6) is 5.88 Å². The molecule has 1 aliphatic rings. The van der Waals surface area contributed by atoms with Crippen LogP contribution in [0.15, 0.2) is 36.5 Å². The molecule has 4 rings (SSSR count). The molecule has 0 spiro atoms. The average Bonchev–Trinajstić information content (AvgIpc) is 3.25. The van der Waals surface area contributed by atoms with E-state index in [0.29, 0.717) is 24.7 Å². The molecule has 0 radical (unpaired) electrons. The van der Waals surface area contributed by atoms with E-state index in [9.17, 15) is 4.79 Å². The second kappa shape index (κ2) is 5.83. The van der Waals surface area contributed by atoms with Crippen LogP contribution in [0.1, 0.15) is 21.6 Å². The first kappa shape index (κ1) is 15.0. The number of hydrogen-bond acceptors (Lipinski definition) is 5. The van der Waals surface area contributed by atoms with Crippen LogP contribution in [0, 0.1) is 11.5 Å². The molecule has 7 heteroatoms. The maximum atomic E-state index is 12.6. The molecule has 1 aliphatic heterocycles. The third kappa shape index (κ3) is 2.64. The summed E-state index contributed by atoms with van der Waals surface area (Å²) in [6, 6.07) is 9.25. The second-order valence-corrected chi connectivity index (χ2v) is 5.85. The van der Waals surface area contributed by atoms with Gasteiger partial charge in [0.25, 0.3) is 5.91 Å². The Hall–Kier alpha value is -3.53. The maximum Gasteiger partial charge on any atom is 0.272 e. The first-order chi connectivity index (χ1) is 12.2. The van der Waals surface area contributed by atoms with E-state index in [4.69, 9.17) is 10.00 Å². The third-order valence-electron chi connectivity index (χ3n) is 4.31. The molecule has 1 aromatic carbocycles. The normalized spacial score (nSPS) is 12.7. The average molecular weight is 333 g/mol. The molecule has 2 aromatic heterocycles. The Morgan fingerprint density at radius 3 is 3.08 bits per heavy atom. The highest BCUT2D eigenvalue weighted by Gasteiger charge is 2.22. The van der Waals surface area contributed by atoms with Crippen molar-refractivity contribution in [3.63, 3.8) is 0 Å². The molecule has 3 aromatic rings. The molecular formula is C18H15N5O2. The summed E-state index contributed by atoms with van der Waals surface area (Å²) in [6.45, 7) is 1.09. The smallest absolute Gasteiger partial charge is 0.272 e. The van der Waals surface area contributed by atoms with Crippen LogP contribution >= 0.6 is 0 Å². The molecule has 0 aliphatic carbocycles. The van der Waals surface area contributed by atoms with Gasteiger partial charge in [0.2, 0.25) is 5.88 Å². The molecule has 1 amide bonds. The van der Waals surface area contributed by atoms with Gasteiger partial charge in [-0.3, -0.25) is 4.79 Å². The fourth-order valence-electron chi connectivity index (χ4n) is 3.04. The summed E-state index contributed by atoms with van der Waals surface area (Å²) in [5, 5.41) is 12.9. The van der Waals surface area contributed by atoms with Crippen LogP contribution in [-0.2, 0) is 13.1 Å². The lowest BCUT2D eigenvalue weighted by molar-refractivity contribution is 0.102. The van der Waals surface area contributed by atoms with Gasteiger partial charge in [0.15, 0.2) is 6.19 Å². The minimum absolute atomic E-state index is 0.237. The van der Waals surface area contributed by atoms with E-state index in [1.807, 2.05) is 18.2 Å². The molecule has 25 heavy (non-hydrogen) atoms. The number of amides is 1. The van der Waals surface area contributed by atoms with Crippen molar-refractivity contribution < 1.29 is 9.53 Å². The summed E-state index contributed by atoms with van der Waals surface area (Å²) in [6.07, 6.45) is 3.78. The molecule has 124 valence electrons. The van der Waals surface area contributed by atoms with Gasteiger partial charge in [-0.1, -0.05) is 12.1 Å². The molecule has 0 atom stereocenters. The summed E-state index contributed by atoms with van der Waals surface area (Å²) in [4.78, 5) is 21.5. The molecule has 0 unspecified atom stereocenters. The standard InChI is InChI=1S/C18H15N5O2/c1-25-17-6-12-5-15(21-16(12)7-20-17)18(24)22-14-4-2-3-11-8-23(10-19)9-13(11)14/h2-7,21H,8-9H2,1H3,(H,22,24). The summed E-state index contributed by atoms with van der Waals surface area (Å²) in [5.41, 5.74) is 3.98. The summed E-state index contributed by atoms with van der Waals surface area (Å²) in [7, 11) is 1.55. The van der Waals surface area contributed by atoms with Crippen LogP contribution in [-0.4, -0.2) is 27.9 Å². The minimum Gasteiger partial charge on any atom is -0.481 e. The SMILES string of the molecule is COc1cc2cc(C(=O)Nc3cccc4c3CN(C#N)C4)[nH]c2cn1. The molecule has 0 bridgehead atoms. The number of carbonyl (C=O) groups excluding carboxylic acids is 1. The van der Waals surface area contributed by atoms with E-state index in [-0.39, 0.29) is 5.91 Å². The lowest BCUT2D eigenvalue weighted by Crippen LogP contribution is -2.14. The topological polar surface area (TPSA) is 94.0 Å². The van der Waals surface area contributed by atoms with Crippen molar-refractivity contribution in [3.8, 4) is 12.1 Å². The molecule has 3 heterocycles. The van der Waals surface area contributed by atoms with Crippen molar-refractivity contribution in [2.24, 2.45) is 0 Å². The van der Waals surface area contributed by atoms with Crippen LogP contribution < -0.4 is 10.1 Å². The highest BCUT2D eigenvalue weighted by Crippen LogP contribution is 2.29. The largest absolute Gasteiger partial charge is 0.481 e. The predicted molar refractivity (Wildman–Crippen MR) is 91.9 cm³/mol. The van der Waals surface area contributed by atoms with E-state index in [1.165, 1.54) is 0 Å². The number of nitriles is 1. The van der Waals surface area contributed by atoms with Crippen LogP contribution in [0.2, 0.25) is 0 Å². The predicted octanol–water partition coefficient (Wildman–Crippen LogP) is 2.62. The molecule has 2 N–H and O–H groups in total. The van der Waals surface area contributed by atoms with Gasteiger partial charge in [-0.2, -0.15) is 5.26 Å². The zero-order valence-corrected chi connectivity index (χ0v) is 13.5. The van der Waals surface area contributed by atoms with E-state index in [1.54, 1.807) is 30.3 Å². The molecule has 0 saturated heterocycles. The molecule has 0 saturated carbocycles. The van der Waals surface area contributed by atoms with E-state index < -0.39 is 0 Å². The fourth-order valence-corrected chi connectivity index (χ4v) is 3.04. The number of nitrogens with zero attached hydrogens (tertiary/aromatic N) is 3. The van der Waals surface area contributed by atoms with Gasteiger partial charge in [0, 0.05) is 22.7 Å². The Kier molecular flexibility index (Phi) is 3.51. The first-order valence-corrected chi connectivity index (χ1v) is 7.77. The Balaban J connectivity index is 1.61. The zero-order valence-electron chi connectivity index (χ0n) is 13.5. The van der Waals surface area contributed by atoms with Gasteiger partial charge in [-0.15, -0.1) is 0 Å². The van der Waals surface area contributed by atoms with Crippen molar-refractivity contribution in [1.29, 1.82) is 5.26 Å². The van der Waals surface area contributed by atoms with Crippen LogP contribution in [0.4, 0.5) is 5.69 Å². The highest BCUT2D eigenvalue weighted by atomic mass is 16.5. The quantitative estimate of drug-likeness (QED) is 0.719. The number of pyridine rings is 1. The van der Waals surface area contributed by atoms with Crippen LogP contribution in [0.25, 0.3) is 10.9 Å². The first-order valence-electron chi connectivity index (χ1n) is 7.77. The zero-order chi connectivity index (χ0) is 17.4. The van der Waals surface area contributed by atoms with Crippen molar-refractivity contribution in [2.75, 3.05) is 12.4 Å². The van der Waals surface area contributed by atoms with Gasteiger partial charge >= 0.3 is 0 Å². The number of aromatic amines is 1. The highest BCUT2D eigenvalue weighted by molar-refractivity contribution is 6.06. The van der Waals surface area contributed by atoms with E-state index >= 15 is 0 Å². The third-order valence-corrected chi connectivity index (χ3v) is 4.31. The number of nitrogens with one attached hydrogen (secondary N) is 2. The number of methoxy groups -OCH3 is 1. The van der Waals surface area contributed by atoms with E-state index in [2.05, 4.69) is 21.5 Å². The summed E-state index contributed by atoms with van der Waals surface area (Å²) < 4.78 is 5.10. The minimum atomic E-state index is -0.237. The fraction of sp³-hybridized carbons (Fsp3) is 0.167. The summed E-state index contributed by atoms with van der Waals surface area (Å²) >= 11 is 0. The second-order valence-electron chi connectivity index (χ2n) is 5.85. The number of carbonyl (C=O) groups is 1. The van der Waals surface area contributed by atoms with E-state index in [0.717, 1.165) is 27.7 Å².